The fourth-order valence-corrected chi connectivity index (χ4v) is 4.72. The smallest absolute Gasteiger partial charge is 0.416 e. The molecule has 2 N–H and O–H groups in total. The number of nitrogens with zero attached hydrogens (tertiary/aromatic N) is 2. The summed E-state index contributed by atoms with van der Waals surface area (Å²) in [4.78, 5) is 0. The Hall–Kier alpha value is -2.50. The zero-order valence-corrected chi connectivity index (χ0v) is 18.5. The number of aliphatic hydroxyl groups excluding tert-OH is 1. The van der Waals surface area contributed by atoms with E-state index in [1.54, 1.807) is 0 Å². The Morgan fingerprint density at radius 2 is 2.00 bits per heavy atom. The van der Waals surface area contributed by atoms with Crippen LogP contribution in [-0.2, 0) is 28.7 Å². The maximum atomic E-state index is 15.2. The number of methoxy groups -OCH3 is 1. The van der Waals surface area contributed by atoms with Crippen molar-refractivity contribution in [3.8, 4) is 17.0 Å². The lowest BCUT2D eigenvalue weighted by Crippen LogP contribution is -2.31. The molecule has 7 nitrogen and oxygen atoms in total. The van der Waals surface area contributed by atoms with Gasteiger partial charge in [-0.1, -0.05) is 0 Å². The highest BCUT2D eigenvalue weighted by Crippen LogP contribution is 2.50. The van der Waals surface area contributed by atoms with Gasteiger partial charge in [0.05, 0.1) is 35.5 Å². The number of hydrogen-bond donors (Lipinski definition) is 2. The summed E-state index contributed by atoms with van der Waals surface area (Å²) in [5.74, 6) is -0.999. The molecule has 1 spiro atoms. The molecule has 0 bridgehead atoms. The number of hydrogen-bond acceptors (Lipinski definition) is 7. The summed E-state index contributed by atoms with van der Waals surface area (Å²) >= 11 is 0. The number of halogens is 4. The number of rotatable bonds is 6. The van der Waals surface area contributed by atoms with E-state index in [0.29, 0.717) is 35.9 Å². The van der Waals surface area contributed by atoms with E-state index in [2.05, 4.69) is 15.5 Å². The average Bonchev–Trinajstić information content (AvgIpc) is 3.41. The summed E-state index contributed by atoms with van der Waals surface area (Å²) in [6.07, 6.45) is -0.839. The minimum absolute atomic E-state index is 0.124. The van der Waals surface area contributed by atoms with Crippen LogP contribution >= 0.6 is 0 Å². The van der Waals surface area contributed by atoms with Gasteiger partial charge in [-0.2, -0.15) is 13.2 Å². The molecule has 1 aromatic carbocycles. The molecule has 2 saturated carbocycles. The van der Waals surface area contributed by atoms with Crippen LogP contribution in [0.25, 0.3) is 11.3 Å². The van der Waals surface area contributed by atoms with Crippen molar-refractivity contribution < 1.29 is 36.9 Å². The predicted molar refractivity (Wildman–Crippen MR) is 113 cm³/mol. The first kappa shape index (κ1) is 23.3. The van der Waals surface area contributed by atoms with Gasteiger partial charge in [0, 0.05) is 19.1 Å². The lowest BCUT2D eigenvalue weighted by molar-refractivity contribution is -0.137. The molecule has 1 aromatic heterocycles. The molecule has 2 fully saturated rings. The molecular formula is C23H25F4N3O4. The number of nitrogens with one attached hydrogen (secondary N) is 1. The Morgan fingerprint density at radius 3 is 2.65 bits per heavy atom. The summed E-state index contributed by atoms with van der Waals surface area (Å²) < 4.78 is 71.5. The van der Waals surface area contributed by atoms with Crippen molar-refractivity contribution in [1.29, 1.82) is 0 Å². The van der Waals surface area contributed by atoms with E-state index in [0.717, 1.165) is 31.7 Å². The van der Waals surface area contributed by atoms with Gasteiger partial charge < -0.3 is 24.6 Å². The first-order valence-electron chi connectivity index (χ1n) is 11.2. The van der Waals surface area contributed by atoms with Crippen molar-refractivity contribution >= 4 is 5.82 Å². The molecule has 2 aromatic rings. The summed E-state index contributed by atoms with van der Waals surface area (Å²) in [6.45, 7) is -0.158. The quantitative estimate of drug-likeness (QED) is 0.470. The highest BCUT2D eigenvalue weighted by molar-refractivity contribution is 5.74. The summed E-state index contributed by atoms with van der Waals surface area (Å²) in [5.41, 5.74) is -0.283. The van der Waals surface area contributed by atoms with Gasteiger partial charge in [-0.25, -0.2) is 4.39 Å². The number of benzene rings is 1. The topological polar surface area (TPSA) is 85.7 Å². The summed E-state index contributed by atoms with van der Waals surface area (Å²) in [5, 5.41) is 21.9. The Balaban J connectivity index is 1.62. The minimum atomic E-state index is -4.75. The van der Waals surface area contributed by atoms with Gasteiger partial charge in [0.15, 0.2) is 12.6 Å². The molecule has 2 atom stereocenters. The molecule has 3 aliphatic rings. The van der Waals surface area contributed by atoms with Gasteiger partial charge in [-0.05, 0) is 49.8 Å². The van der Waals surface area contributed by atoms with Crippen molar-refractivity contribution in [3.63, 3.8) is 0 Å². The van der Waals surface area contributed by atoms with E-state index in [-0.39, 0.29) is 42.0 Å². The van der Waals surface area contributed by atoms with Gasteiger partial charge in [0.1, 0.15) is 17.3 Å². The molecule has 2 heterocycles. The first-order valence-corrected chi connectivity index (χ1v) is 11.2. The number of anilines is 1. The lowest BCUT2D eigenvalue weighted by Gasteiger charge is -2.29. The van der Waals surface area contributed by atoms with Gasteiger partial charge in [0.2, 0.25) is 0 Å². The fraction of sp³-hybridized carbons (Fsp3) is 0.565. The van der Waals surface area contributed by atoms with Crippen LogP contribution < -0.4 is 10.1 Å². The van der Waals surface area contributed by atoms with Gasteiger partial charge in [-0.15, -0.1) is 10.2 Å². The van der Waals surface area contributed by atoms with Crippen LogP contribution in [0.5, 0.6) is 5.75 Å². The molecule has 5 rings (SSSR count). The summed E-state index contributed by atoms with van der Waals surface area (Å²) in [6, 6.07) is 0.999. The van der Waals surface area contributed by atoms with E-state index in [1.807, 2.05) is 0 Å². The number of fused-ring (bicyclic) bond motifs is 1. The highest BCUT2D eigenvalue weighted by atomic mass is 19.4. The van der Waals surface area contributed by atoms with E-state index >= 15 is 4.39 Å². The third-order valence-electron chi connectivity index (χ3n) is 6.77. The van der Waals surface area contributed by atoms with Crippen molar-refractivity contribution in [1.82, 2.24) is 10.2 Å². The van der Waals surface area contributed by atoms with E-state index in [9.17, 15) is 18.3 Å². The van der Waals surface area contributed by atoms with Crippen LogP contribution in [0.3, 0.4) is 0 Å². The van der Waals surface area contributed by atoms with Crippen LogP contribution in [-0.4, -0.2) is 47.0 Å². The Bertz CT molecular complexity index is 1090. The van der Waals surface area contributed by atoms with Crippen LogP contribution in [0.4, 0.5) is 23.4 Å². The normalized spacial score (nSPS) is 23.1. The van der Waals surface area contributed by atoms with Crippen LogP contribution in [0.2, 0.25) is 0 Å². The molecule has 0 unspecified atom stereocenters. The predicted octanol–water partition coefficient (Wildman–Crippen LogP) is 4.21. The van der Waals surface area contributed by atoms with E-state index < -0.39 is 23.7 Å². The van der Waals surface area contributed by atoms with Crippen LogP contribution in [0.15, 0.2) is 12.1 Å². The Labute approximate surface area is 193 Å². The maximum absolute atomic E-state index is 15.2. The van der Waals surface area contributed by atoms with Crippen LogP contribution in [0, 0.1) is 5.82 Å². The molecule has 0 radical (unpaired) electrons. The monoisotopic (exact) mass is 483 g/mol. The van der Waals surface area contributed by atoms with Crippen LogP contribution in [0.1, 0.15) is 48.8 Å². The lowest BCUT2D eigenvalue weighted by atomic mass is 9.92. The minimum Gasteiger partial charge on any atom is -0.467 e. The van der Waals surface area contributed by atoms with Crippen molar-refractivity contribution in [2.45, 2.75) is 69.1 Å². The van der Waals surface area contributed by atoms with E-state index in [4.69, 9.17) is 14.2 Å². The second kappa shape index (κ2) is 8.62. The summed E-state index contributed by atoms with van der Waals surface area (Å²) in [7, 11) is 1.32. The zero-order chi connectivity index (χ0) is 24.1. The third kappa shape index (κ3) is 4.32. The third-order valence-corrected chi connectivity index (χ3v) is 6.77. The van der Waals surface area contributed by atoms with Crippen molar-refractivity contribution in [2.75, 3.05) is 19.2 Å². The molecule has 184 valence electrons. The average molecular weight is 483 g/mol. The first-order chi connectivity index (χ1) is 16.2. The molecule has 11 heteroatoms. The maximum Gasteiger partial charge on any atom is 0.416 e. The van der Waals surface area contributed by atoms with E-state index in [1.165, 1.54) is 7.11 Å². The Morgan fingerprint density at radius 1 is 1.21 bits per heavy atom. The Kier molecular flexibility index (Phi) is 5.89. The standard InChI is InChI=1S/C23H25F4N3O4/c1-32-11-33-18-8-12(23(25,26)27)7-15(24)19(18)20-13-9-22(5-6-22)34-10-14(13)21(30-29-20)28-16-3-2-4-17(16)31/h7-8,16-17,31H,2-6,9-11H2,1H3,(H,28,30)/t16-,17-/m1/s1. The molecule has 1 aliphatic heterocycles. The SMILES string of the molecule is COCOc1cc(C(F)(F)F)cc(F)c1-c1nnc(N[C@@H]2CCC[C@H]2O)c2c1CC1(CC1)OC2. The zero-order valence-electron chi connectivity index (χ0n) is 18.5. The van der Waals surface area contributed by atoms with Crippen molar-refractivity contribution in [3.05, 3.63) is 34.6 Å². The molecule has 0 saturated heterocycles. The number of alkyl halides is 3. The second-order valence-corrected chi connectivity index (χ2v) is 9.13. The number of ether oxygens (including phenoxy) is 3. The van der Waals surface area contributed by atoms with Gasteiger partial charge >= 0.3 is 6.18 Å². The molecule has 34 heavy (non-hydrogen) atoms. The largest absolute Gasteiger partial charge is 0.467 e. The number of aromatic nitrogens is 2. The van der Waals surface area contributed by atoms with Gasteiger partial charge in [0.25, 0.3) is 0 Å². The molecule has 2 aliphatic carbocycles. The molecule has 0 amide bonds. The second-order valence-electron chi connectivity index (χ2n) is 9.13. The van der Waals surface area contributed by atoms with Crippen molar-refractivity contribution in [2.24, 2.45) is 0 Å². The van der Waals surface area contributed by atoms with Gasteiger partial charge in [-0.3, -0.25) is 0 Å². The molecular weight excluding hydrogens is 458 g/mol. The number of aliphatic hydroxyl groups is 1. The fourth-order valence-electron chi connectivity index (χ4n) is 4.72. The highest BCUT2D eigenvalue weighted by Gasteiger charge is 2.48.